The molecule has 18 heavy (non-hydrogen) atoms. The van der Waals surface area contributed by atoms with Crippen molar-refractivity contribution in [2.45, 2.75) is 37.5 Å². The van der Waals surface area contributed by atoms with Gasteiger partial charge in [-0.2, -0.15) is 4.39 Å². The monoisotopic (exact) mass is 256 g/mol. The van der Waals surface area contributed by atoms with Crippen molar-refractivity contribution < 1.29 is 23.8 Å². The molecule has 2 N–H and O–H groups in total. The van der Waals surface area contributed by atoms with Gasteiger partial charge >= 0.3 is 5.97 Å². The molecule has 1 aliphatic rings. The molecular formula is C13H14F2O3. The van der Waals surface area contributed by atoms with Crippen molar-refractivity contribution in [2.24, 2.45) is 0 Å². The number of aromatic hydroxyl groups is 1. The summed E-state index contributed by atoms with van der Waals surface area (Å²) in [6.07, 6.45) is 2.84. The molecule has 3 nitrogen and oxygen atoms in total. The molecule has 2 rings (SSSR count). The molecule has 1 aromatic carbocycles. The van der Waals surface area contributed by atoms with Gasteiger partial charge in [0.05, 0.1) is 5.41 Å². The molecule has 0 amide bonds. The van der Waals surface area contributed by atoms with Gasteiger partial charge in [-0.15, -0.1) is 0 Å². The molecule has 1 aliphatic carbocycles. The number of halogens is 2. The summed E-state index contributed by atoms with van der Waals surface area (Å²) in [4.78, 5) is 11.5. The molecule has 0 unspecified atom stereocenters. The number of hydrogen-bond acceptors (Lipinski definition) is 2. The first-order valence-electron chi connectivity index (χ1n) is 5.90. The van der Waals surface area contributed by atoms with Crippen LogP contribution in [0.25, 0.3) is 0 Å². The minimum absolute atomic E-state index is 0.162. The number of aliphatic carboxylic acids is 1. The highest BCUT2D eigenvalue weighted by Crippen LogP contribution is 2.42. The lowest BCUT2D eigenvalue weighted by Crippen LogP contribution is -2.38. The molecule has 1 fully saturated rings. The molecule has 0 spiro atoms. The molecule has 0 saturated heterocycles. The maximum atomic E-state index is 13.9. The second kappa shape index (κ2) is 4.55. The minimum atomic E-state index is -1.38. The van der Waals surface area contributed by atoms with Crippen LogP contribution in [-0.4, -0.2) is 16.2 Å². The maximum Gasteiger partial charge on any atom is 0.314 e. The molecule has 0 atom stereocenters. The summed E-state index contributed by atoms with van der Waals surface area (Å²) >= 11 is 0. The molecule has 0 aliphatic heterocycles. The number of phenols is 1. The number of benzene rings is 1. The number of carboxylic acids is 1. The lowest BCUT2D eigenvalue weighted by molar-refractivity contribution is -0.145. The third kappa shape index (κ3) is 1.83. The molecule has 0 aromatic heterocycles. The molecule has 1 aromatic rings. The van der Waals surface area contributed by atoms with Crippen LogP contribution in [0.15, 0.2) is 12.1 Å². The fourth-order valence-electron chi connectivity index (χ4n) is 2.66. The first-order chi connectivity index (χ1) is 8.49. The third-order valence-electron chi connectivity index (χ3n) is 3.69. The second-order valence-corrected chi connectivity index (χ2v) is 4.71. The number of hydrogen-bond donors (Lipinski definition) is 2. The van der Waals surface area contributed by atoms with E-state index in [1.54, 1.807) is 0 Å². The van der Waals surface area contributed by atoms with Crippen molar-refractivity contribution in [2.75, 3.05) is 0 Å². The third-order valence-corrected chi connectivity index (χ3v) is 3.69. The van der Waals surface area contributed by atoms with Gasteiger partial charge in [0.25, 0.3) is 0 Å². The van der Waals surface area contributed by atoms with E-state index in [9.17, 15) is 18.7 Å². The summed E-state index contributed by atoms with van der Waals surface area (Å²) < 4.78 is 27.2. The first-order valence-corrected chi connectivity index (χ1v) is 5.90. The van der Waals surface area contributed by atoms with Crippen molar-refractivity contribution in [3.8, 4) is 5.75 Å². The predicted molar refractivity (Wildman–Crippen MR) is 60.4 cm³/mol. The molecule has 5 heteroatoms. The highest BCUT2D eigenvalue weighted by molar-refractivity contribution is 5.81. The van der Waals surface area contributed by atoms with Crippen LogP contribution in [0.3, 0.4) is 0 Å². The highest BCUT2D eigenvalue weighted by Gasteiger charge is 2.44. The van der Waals surface area contributed by atoms with Crippen molar-refractivity contribution in [3.05, 3.63) is 29.3 Å². The Morgan fingerprint density at radius 3 is 2.28 bits per heavy atom. The number of carbonyl (C=O) groups is 1. The Morgan fingerprint density at radius 1 is 1.11 bits per heavy atom. The van der Waals surface area contributed by atoms with Crippen LogP contribution in [0, 0.1) is 11.6 Å². The highest BCUT2D eigenvalue weighted by atomic mass is 19.2. The zero-order chi connectivity index (χ0) is 13.3. The standard InChI is InChI=1S/C13H14F2O3/c14-10-8(4-5-9(16)11(10)15)13(12(17)18)6-2-1-3-7-13/h4-5,16H,1-3,6-7H2,(H,17,18). The number of carboxylic acid groups (broad SMARTS) is 1. The lowest BCUT2D eigenvalue weighted by Gasteiger charge is -2.33. The Bertz CT molecular complexity index is 479. The fourth-order valence-corrected chi connectivity index (χ4v) is 2.66. The van der Waals surface area contributed by atoms with E-state index in [0.29, 0.717) is 25.7 Å². The maximum absolute atomic E-state index is 13.9. The van der Waals surface area contributed by atoms with E-state index >= 15 is 0 Å². The smallest absolute Gasteiger partial charge is 0.314 e. The van der Waals surface area contributed by atoms with Crippen LogP contribution in [0.4, 0.5) is 8.78 Å². The molecule has 0 heterocycles. The van der Waals surface area contributed by atoms with E-state index in [1.165, 1.54) is 6.07 Å². The summed E-state index contributed by atoms with van der Waals surface area (Å²) in [5.74, 6) is -4.56. The lowest BCUT2D eigenvalue weighted by atomic mass is 9.69. The van der Waals surface area contributed by atoms with Crippen molar-refractivity contribution in [1.29, 1.82) is 0 Å². The van der Waals surface area contributed by atoms with Gasteiger partial charge in [-0.3, -0.25) is 4.79 Å². The zero-order valence-electron chi connectivity index (χ0n) is 9.75. The van der Waals surface area contributed by atoms with E-state index in [2.05, 4.69) is 0 Å². The van der Waals surface area contributed by atoms with Gasteiger partial charge in [0.15, 0.2) is 11.6 Å². The second-order valence-electron chi connectivity index (χ2n) is 4.71. The van der Waals surface area contributed by atoms with Gasteiger partial charge in [-0.1, -0.05) is 25.3 Å². The van der Waals surface area contributed by atoms with E-state index in [0.717, 1.165) is 12.5 Å². The summed E-state index contributed by atoms with van der Waals surface area (Å²) in [5, 5.41) is 18.5. The van der Waals surface area contributed by atoms with Gasteiger partial charge < -0.3 is 10.2 Å². The molecule has 1 saturated carbocycles. The minimum Gasteiger partial charge on any atom is -0.505 e. The van der Waals surface area contributed by atoms with Crippen LogP contribution in [0.5, 0.6) is 5.75 Å². The Kier molecular flexibility index (Phi) is 3.24. The number of phenolic OH excluding ortho intramolecular Hbond substituents is 1. The Balaban J connectivity index is 2.56. The molecule has 0 bridgehead atoms. The van der Waals surface area contributed by atoms with E-state index < -0.39 is 28.8 Å². The van der Waals surface area contributed by atoms with Gasteiger partial charge in [-0.05, 0) is 18.9 Å². The summed E-state index contributed by atoms with van der Waals surface area (Å²) in [5.41, 5.74) is -1.53. The van der Waals surface area contributed by atoms with E-state index in [-0.39, 0.29) is 5.56 Å². The predicted octanol–water partition coefficient (Wildman–Crippen LogP) is 2.96. The van der Waals surface area contributed by atoms with Gasteiger partial charge in [0, 0.05) is 5.56 Å². The summed E-state index contributed by atoms with van der Waals surface area (Å²) in [6.45, 7) is 0. The van der Waals surface area contributed by atoms with Gasteiger partial charge in [-0.25, -0.2) is 4.39 Å². The summed E-state index contributed by atoms with van der Waals surface area (Å²) in [7, 11) is 0. The van der Waals surface area contributed by atoms with Crippen LogP contribution in [0.2, 0.25) is 0 Å². The SMILES string of the molecule is O=C(O)C1(c2ccc(O)c(F)c2F)CCCCC1. The summed E-state index contributed by atoms with van der Waals surface area (Å²) in [6, 6.07) is 2.18. The van der Waals surface area contributed by atoms with Gasteiger partial charge in [0.2, 0.25) is 5.82 Å². The first kappa shape index (κ1) is 12.8. The van der Waals surface area contributed by atoms with Crippen LogP contribution >= 0.6 is 0 Å². The normalized spacial score (nSPS) is 18.6. The van der Waals surface area contributed by atoms with E-state index in [4.69, 9.17) is 5.11 Å². The van der Waals surface area contributed by atoms with Crippen LogP contribution < -0.4 is 0 Å². The average Bonchev–Trinajstić information content (AvgIpc) is 2.37. The van der Waals surface area contributed by atoms with Gasteiger partial charge in [0.1, 0.15) is 0 Å². The quantitative estimate of drug-likeness (QED) is 0.855. The fraction of sp³-hybridized carbons (Fsp3) is 0.462. The van der Waals surface area contributed by atoms with E-state index in [1.807, 2.05) is 0 Å². The molecule has 0 radical (unpaired) electrons. The molecular weight excluding hydrogens is 242 g/mol. The van der Waals surface area contributed by atoms with Crippen molar-refractivity contribution in [3.63, 3.8) is 0 Å². The number of rotatable bonds is 2. The Morgan fingerprint density at radius 2 is 1.72 bits per heavy atom. The topological polar surface area (TPSA) is 57.5 Å². The Hall–Kier alpha value is -1.65. The largest absolute Gasteiger partial charge is 0.505 e. The van der Waals surface area contributed by atoms with Crippen molar-refractivity contribution >= 4 is 5.97 Å². The van der Waals surface area contributed by atoms with Crippen molar-refractivity contribution in [1.82, 2.24) is 0 Å². The average molecular weight is 256 g/mol. The molecule has 98 valence electrons. The van der Waals surface area contributed by atoms with Crippen LogP contribution in [-0.2, 0) is 10.2 Å². The Labute approximate surface area is 103 Å². The zero-order valence-corrected chi connectivity index (χ0v) is 9.75. The van der Waals surface area contributed by atoms with Crippen LogP contribution in [0.1, 0.15) is 37.7 Å².